The van der Waals surface area contributed by atoms with Crippen molar-refractivity contribution in [1.82, 2.24) is 5.32 Å². The fourth-order valence-electron chi connectivity index (χ4n) is 1.66. The number of carbonyl (C=O) groups is 3. The molecule has 1 fully saturated rings. The van der Waals surface area contributed by atoms with Gasteiger partial charge in [0.15, 0.2) is 0 Å². The Kier molecular flexibility index (Phi) is 3.66. The van der Waals surface area contributed by atoms with Gasteiger partial charge < -0.3 is 10.1 Å². The van der Waals surface area contributed by atoms with Crippen molar-refractivity contribution in [2.24, 2.45) is 0 Å². The van der Waals surface area contributed by atoms with Crippen LogP contribution in [0.5, 0.6) is 0 Å². The number of hydrogen-bond donors (Lipinski definition) is 1. The normalized spacial score (nSPS) is 18.6. The zero-order valence-corrected chi connectivity index (χ0v) is 10.5. The summed E-state index contributed by atoms with van der Waals surface area (Å²) >= 11 is 0.696. The SMILES string of the molecule is COC(=O)c1ccc(CC2NC(=O)SC2=O)cc1. The number of thioether (sulfide) groups is 1. The summed E-state index contributed by atoms with van der Waals surface area (Å²) in [7, 11) is 1.32. The van der Waals surface area contributed by atoms with E-state index in [1.54, 1.807) is 24.3 Å². The van der Waals surface area contributed by atoms with E-state index in [1.165, 1.54) is 7.11 Å². The minimum atomic E-state index is -0.480. The summed E-state index contributed by atoms with van der Waals surface area (Å²) in [5.74, 6) is -0.401. The van der Waals surface area contributed by atoms with Crippen molar-refractivity contribution in [3.63, 3.8) is 0 Å². The molecule has 1 saturated heterocycles. The van der Waals surface area contributed by atoms with Gasteiger partial charge in [-0.05, 0) is 17.7 Å². The first-order valence-corrected chi connectivity index (χ1v) is 6.11. The number of amides is 1. The second-order valence-corrected chi connectivity index (χ2v) is 4.78. The molecule has 0 aromatic heterocycles. The Morgan fingerprint density at radius 2 is 2.00 bits per heavy atom. The highest BCUT2D eigenvalue weighted by molar-refractivity contribution is 8.26. The summed E-state index contributed by atoms with van der Waals surface area (Å²) in [6, 6.07) is 6.28. The number of ether oxygens (including phenoxy) is 1. The molecule has 1 aromatic carbocycles. The van der Waals surface area contributed by atoms with Crippen molar-refractivity contribution >= 4 is 28.1 Å². The average Bonchev–Trinajstić information content (AvgIpc) is 2.68. The molecule has 1 aliphatic heterocycles. The zero-order chi connectivity index (χ0) is 13.1. The van der Waals surface area contributed by atoms with Crippen molar-refractivity contribution < 1.29 is 19.1 Å². The largest absolute Gasteiger partial charge is 0.465 e. The maximum Gasteiger partial charge on any atom is 0.337 e. The average molecular weight is 265 g/mol. The highest BCUT2D eigenvalue weighted by atomic mass is 32.2. The van der Waals surface area contributed by atoms with E-state index >= 15 is 0 Å². The standard InChI is InChI=1S/C12H11NO4S/c1-17-10(14)8-4-2-7(3-5-8)6-9-11(15)18-12(16)13-9/h2-5,9H,6H2,1H3,(H,13,16). The molecule has 0 radical (unpaired) electrons. The van der Waals surface area contributed by atoms with E-state index in [-0.39, 0.29) is 10.4 Å². The lowest BCUT2D eigenvalue weighted by atomic mass is 10.1. The summed E-state index contributed by atoms with van der Waals surface area (Å²) in [6.07, 6.45) is 0.430. The molecule has 0 spiro atoms. The lowest BCUT2D eigenvalue weighted by Crippen LogP contribution is -2.30. The molecule has 1 N–H and O–H groups in total. The Labute approximate surface area is 108 Å². The van der Waals surface area contributed by atoms with E-state index in [9.17, 15) is 14.4 Å². The van der Waals surface area contributed by atoms with Gasteiger partial charge in [-0.25, -0.2) is 4.79 Å². The number of esters is 1. The third-order valence-electron chi connectivity index (χ3n) is 2.58. The number of carbonyl (C=O) groups excluding carboxylic acids is 3. The highest BCUT2D eigenvalue weighted by Gasteiger charge is 2.31. The minimum Gasteiger partial charge on any atom is -0.465 e. The van der Waals surface area contributed by atoms with Gasteiger partial charge >= 0.3 is 5.97 Å². The van der Waals surface area contributed by atoms with Crippen LogP contribution in [0.15, 0.2) is 24.3 Å². The minimum absolute atomic E-state index is 0.169. The van der Waals surface area contributed by atoms with E-state index in [1.807, 2.05) is 0 Å². The van der Waals surface area contributed by atoms with Gasteiger partial charge in [0.05, 0.1) is 12.7 Å². The monoisotopic (exact) mass is 265 g/mol. The number of hydrogen-bond acceptors (Lipinski definition) is 5. The van der Waals surface area contributed by atoms with Gasteiger partial charge in [-0.1, -0.05) is 12.1 Å². The first kappa shape index (κ1) is 12.6. The predicted molar refractivity (Wildman–Crippen MR) is 66.4 cm³/mol. The van der Waals surface area contributed by atoms with E-state index < -0.39 is 12.0 Å². The first-order chi connectivity index (χ1) is 8.60. The van der Waals surface area contributed by atoms with Crippen LogP contribution in [-0.4, -0.2) is 29.5 Å². The second-order valence-electron chi connectivity index (χ2n) is 3.80. The highest BCUT2D eigenvalue weighted by Crippen LogP contribution is 2.19. The van der Waals surface area contributed by atoms with Gasteiger partial charge in [0.1, 0.15) is 6.04 Å². The Hall–Kier alpha value is -1.82. The molecule has 2 rings (SSSR count). The summed E-state index contributed by atoms with van der Waals surface area (Å²) in [6.45, 7) is 0. The van der Waals surface area contributed by atoms with E-state index in [0.29, 0.717) is 23.7 Å². The van der Waals surface area contributed by atoms with Gasteiger partial charge in [0.2, 0.25) is 5.12 Å². The van der Waals surface area contributed by atoms with Crippen LogP contribution >= 0.6 is 11.8 Å². The molecule has 1 atom stereocenters. The van der Waals surface area contributed by atoms with Gasteiger partial charge in [-0.2, -0.15) is 0 Å². The Balaban J connectivity index is 2.04. The van der Waals surface area contributed by atoms with E-state index in [4.69, 9.17) is 0 Å². The molecule has 0 bridgehead atoms. The molecule has 18 heavy (non-hydrogen) atoms. The van der Waals surface area contributed by atoms with Gasteiger partial charge in [0, 0.05) is 18.2 Å². The molecular formula is C12H11NO4S. The van der Waals surface area contributed by atoms with Gasteiger partial charge in [-0.15, -0.1) is 0 Å². The van der Waals surface area contributed by atoms with Crippen LogP contribution in [-0.2, 0) is 16.0 Å². The summed E-state index contributed by atoms with van der Waals surface area (Å²) < 4.78 is 4.59. The van der Waals surface area contributed by atoms with Crippen LogP contribution in [0, 0.1) is 0 Å². The molecule has 1 heterocycles. The first-order valence-electron chi connectivity index (χ1n) is 5.29. The fraction of sp³-hybridized carbons (Fsp3) is 0.250. The molecule has 5 nitrogen and oxygen atoms in total. The van der Waals surface area contributed by atoms with E-state index in [0.717, 1.165) is 5.56 Å². The maximum absolute atomic E-state index is 11.4. The summed E-state index contributed by atoms with van der Waals surface area (Å²) in [4.78, 5) is 33.6. The molecule has 1 amide bonds. The maximum atomic E-state index is 11.4. The fourth-order valence-corrected chi connectivity index (χ4v) is 2.33. The van der Waals surface area contributed by atoms with Gasteiger partial charge in [0.25, 0.3) is 5.24 Å². The van der Waals surface area contributed by atoms with Crippen molar-refractivity contribution in [3.05, 3.63) is 35.4 Å². The third-order valence-corrected chi connectivity index (χ3v) is 3.37. The molecule has 0 aliphatic carbocycles. The summed E-state index contributed by atoms with van der Waals surface area (Å²) in [5.41, 5.74) is 1.33. The topological polar surface area (TPSA) is 72.5 Å². The van der Waals surface area contributed by atoms with Crippen LogP contribution in [0.25, 0.3) is 0 Å². The molecule has 0 saturated carbocycles. The van der Waals surface area contributed by atoms with Crippen LogP contribution in [0.4, 0.5) is 4.79 Å². The van der Waals surface area contributed by atoms with Gasteiger partial charge in [-0.3, -0.25) is 9.59 Å². The molecular weight excluding hydrogens is 254 g/mol. The zero-order valence-electron chi connectivity index (χ0n) is 9.64. The van der Waals surface area contributed by atoms with Crippen molar-refractivity contribution in [3.8, 4) is 0 Å². The Bertz CT molecular complexity index is 497. The van der Waals surface area contributed by atoms with Crippen LogP contribution in [0.3, 0.4) is 0 Å². The molecule has 1 unspecified atom stereocenters. The second kappa shape index (κ2) is 5.22. The van der Waals surface area contributed by atoms with Crippen LogP contribution in [0.1, 0.15) is 15.9 Å². The lowest BCUT2D eigenvalue weighted by molar-refractivity contribution is -0.112. The number of benzene rings is 1. The van der Waals surface area contributed by atoms with Crippen molar-refractivity contribution in [2.75, 3.05) is 7.11 Å². The number of methoxy groups -OCH3 is 1. The van der Waals surface area contributed by atoms with Crippen LogP contribution < -0.4 is 5.32 Å². The van der Waals surface area contributed by atoms with Crippen molar-refractivity contribution in [2.45, 2.75) is 12.5 Å². The molecule has 1 aliphatic rings. The number of rotatable bonds is 3. The Morgan fingerprint density at radius 1 is 1.33 bits per heavy atom. The molecule has 94 valence electrons. The Morgan fingerprint density at radius 3 is 2.50 bits per heavy atom. The quantitative estimate of drug-likeness (QED) is 0.836. The van der Waals surface area contributed by atoms with Crippen LogP contribution in [0.2, 0.25) is 0 Å². The molecule has 1 aromatic rings. The smallest absolute Gasteiger partial charge is 0.337 e. The van der Waals surface area contributed by atoms with Crippen molar-refractivity contribution in [1.29, 1.82) is 0 Å². The van der Waals surface area contributed by atoms with E-state index in [2.05, 4.69) is 10.1 Å². The predicted octanol–water partition coefficient (Wildman–Crippen LogP) is 1.37. The molecule has 6 heteroatoms. The number of nitrogens with one attached hydrogen (secondary N) is 1. The lowest BCUT2D eigenvalue weighted by Gasteiger charge is -2.08. The third kappa shape index (κ3) is 2.70. The summed E-state index contributed by atoms with van der Waals surface area (Å²) in [5, 5.41) is 2.11.